The normalized spacial score (nSPS) is 21.7. The maximum atomic E-state index is 11.9. The Morgan fingerprint density at radius 2 is 2.05 bits per heavy atom. The SMILES string of the molecule is O=C(Cn1ccc(=O)[nH]c1=O)NC1CCCCC1C(=O)O. The Bertz CT molecular complexity index is 648. The second-order valence-electron chi connectivity index (χ2n) is 5.14. The summed E-state index contributed by atoms with van der Waals surface area (Å²) in [5.74, 6) is -1.95. The number of rotatable bonds is 4. The number of amides is 1. The zero-order chi connectivity index (χ0) is 15.4. The molecule has 1 aliphatic rings. The van der Waals surface area contributed by atoms with Crippen LogP contribution in [-0.4, -0.2) is 32.6 Å². The van der Waals surface area contributed by atoms with Crippen LogP contribution >= 0.6 is 0 Å². The van der Waals surface area contributed by atoms with Crippen LogP contribution in [0.25, 0.3) is 0 Å². The summed E-state index contributed by atoms with van der Waals surface area (Å²) in [6.45, 7) is -0.252. The zero-order valence-corrected chi connectivity index (χ0v) is 11.4. The largest absolute Gasteiger partial charge is 0.481 e. The van der Waals surface area contributed by atoms with Crippen molar-refractivity contribution in [2.24, 2.45) is 5.92 Å². The van der Waals surface area contributed by atoms with Gasteiger partial charge in [0.05, 0.1) is 5.92 Å². The van der Waals surface area contributed by atoms with Crippen LogP contribution in [0.1, 0.15) is 25.7 Å². The molecule has 1 saturated carbocycles. The van der Waals surface area contributed by atoms with Gasteiger partial charge in [-0.15, -0.1) is 0 Å². The summed E-state index contributed by atoms with van der Waals surface area (Å²) < 4.78 is 1.06. The van der Waals surface area contributed by atoms with Gasteiger partial charge in [-0.05, 0) is 12.8 Å². The van der Waals surface area contributed by atoms with E-state index in [0.717, 1.165) is 23.5 Å². The van der Waals surface area contributed by atoms with Gasteiger partial charge in [-0.3, -0.25) is 23.9 Å². The third kappa shape index (κ3) is 3.80. The van der Waals surface area contributed by atoms with Crippen LogP contribution in [0.2, 0.25) is 0 Å². The van der Waals surface area contributed by atoms with Gasteiger partial charge in [-0.1, -0.05) is 12.8 Å². The summed E-state index contributed by atoms with van der Waals surface area (Å²) in [4.78, 5) is 47.5. The zero-order valence-electron chi connectivity index (χ0n) is 11.4. The monoisotopic (exact) mass is 295 g/mol. The lowest BCUT2D eigenvalue weighted by Crippen LogP contribution is -2.47. The molecular formula is C13H17N3O5. The standard InChI is InChI=1S/C13H17N3O5/c17-10-5-6-16(13(21)15-10)7-11(18)14-9-4-2-1-3-8(9)12(19)20/h5-6,8-9H,1-4,7H2,(H,14,18)(H,19,20)(H,15,17,21). The first kappa shape index (κ1) is 15.0. The first-order chi connectivity index (χ1) is 9.97. The number of aromatic amines is 1. The first-order valence-corrected chi connectivity index (χ1v) is 6.79. The van der Waals surface area contributed by atoms with Crippen LogP contribution in [0, 0.1) is 5.92 Å². The molecule has 1 amide bonds. The number of carboxylic acids is 1. The summed E-state index contributed by atoms with van der Waals surface area (Å²) in [6, 6.07) is 0.734. The molecule has 2 atom stereocenters. The van der Waals surface area contributed by atoms with Crippen molar-refractivity contribution in [3.63, 3.8) is 0 Å². The number of aliphatic carboxylic acids is 1. The van der Waals surface area contributed by atoms with Gasteiger partial charge < -0.3 is 10.4 Å². The Morgan fingerprint density at radius 1 is 1.33 bits per heavy atom. The molecule has 1 heterocycles. The second kappa shape index (κ2) is 6.38. The van der Waals surface area contributed by atoms with E-state index in [4.69, 9.17) is 5.11 Å². The Morgan fingerprint density at radius 3 is 2.71 bits per heavy atom. The maximum absolute atomic E-state index is 11.9. The Hall–Kier alpha value is -2.38. The highest BCUT2D eigenvalue weighted by Gasteiger charge is 2.31. The average molecular weight is 295 g/mol. The third-order valence-corrected chi connectivity index (χ3v) is 3.64. The van der Waals surface area contributed by atoms with Crippen molar-refractivity contribution in [3.8, 4) is 0 Å². The number of hydrogen-bond acceptors (Lipinski definition) is 4. The Balaban J connectivity index is 2.02. The molecule has 0 aliphatic heterocycles. The van der Waals surface area contributed by atoms with E-state index in [0.29, 0.717) is 12.8 Å². The maximum Gasteiger partial charge on any atom is 0.328 e. The third-order valence-electron chi connectivity index (χ3n) is 3.64. The van der Waals surface area contributed by atoms with Gasteiger partial charge in [-0.2, -0.15) is 0 Å². The van der Waals surface area contributed by atoms with Gasteiger partial charge in [0, 0.05) is 18.3 Å². The highest BCUT2D eigenvalue weighted by atomic mass is 16.4. The van der Waals surface area contributed by atoms with Crippen molar-refractivity contribution in [3.05, 3.63) is 33.1 Å². The molecule has 0 bridgehead atoms. The molecule has 2 unspecified atom stereocenters. The lowest BCUT2D eigenvalue weighted by atomic mass is 9.84. The Labute approximate surface area is 119 Å². The minimum atomic E-state index is -0.916. The molecule has 1 aromatic rings. The van der Waals surface area contributed by atoms with E-state index < -0.39 is 35.1 Å². The first-order valence-electron chi connectivity index (χ1n) is 6.79. The van der Waals surface area contributed by atoms with Crippen LogP contribution in [0.5, 0.6) is 0 Å². The van der Waals surface area contributed by atoms with E-state index in [9.17, 15) is 19.2 Å². The number of H-pyrrole nitrogens is 1. The molecule has 21 heavy (non-hydrogen) atoms. The van der Waals surface area contributed by atoms with E-state index in [2.05, 4.69) is 10.3 Å². The van der Waals surface area contributed by atoms with E-state index in [1.807, 2.05) is 0 Å². The molecule has 0 spiro atoms. The van der Waals surface area contributed by atoms with Crippen LogP contribution < -0.4 is 16.6 Å². The number of carboxylic acid groups (broad SMARTS) is 1. The van der Waals surface area contributed by atoms with Gasteiger partial charge in [0.1, 0.15) is 6.54 Å². The second-order valence-corrected chi connectivity index (χ2v) is 5.14. The van der Waals surface area contributed by atoms with Crippen molar-refractivity contribution in [1.82, 2.24) is 14.9 Å². The molecule has 3 N–H and O–H groups in total. The van der Waals surface area contributed by atoms with Crippen molar-refractivity contribution >= 4 is 11.9 Å². The fraction of sp³-hybridized carbons (Fsp3) is 0.538. The van der Waals surface area contributed by atoms with Crippen LogP contribution in [-0.2, 0) is 16.1 Å². The molecule has 1 aliphatic carbocycles. The molecule has 0 saturated heterocycles. The molecule has 0 aromatic carbocycles. The summed E-state index contributed by atoms with van der Waals surface area (Å²) >= 11 is 0. The van der Waals surface area contributed by atoms with Crippen molar-refractivity contribution in [1.29, 1.82) is 0 Å². The minimum absolute atomic E-state index is 0.252. The number of carbonyl (C=O) groups excluding carboxylic acids is 1. The topological polar surface area (TPSA) is 121 Å². The number of aromatic nitrogens is 2. The van der Waals surface area contributed by atoms with E-state index in [1.165, 1.54) is 6.20 Å². The summed E-state index contributed by atoms with van der Waals surface area (Å²) in [6.07, 6.45) is 4.09. The summed E-state index contributed by atoms with van der Waals surface area (Å²) in [5.41, 5.74) is -1.20. The van der Waals surface area contributed by atoms with Crippen molar-refractivity contribution < 1.29 is 14.7 Å². The summed E-state index contributed by atoms with van der Waals surface area (Å²) in [7, 11) is 0. The molecule has 8 heteroatoms. The summed E-state index contributed by atoms with van der Waals surface area (Å²) in [5, 5.41) is 11.8. The van der Waals surface area contributed by atoms with E-state index in [-0.39, 0.29) is 6.54 Å². The highest BCUT2D eigenvalue weighted by Crippen LogP contribution is 2.24. The van der Waals surface area contributed by atoms with E-state index in [1.54, 1.807) is 0 Å². The van der Waals surface area contributed by atoms with Crippen LogP contribution in [0.3, 0.4) is 0 Å². The fourth-order valence-electron chi connectivity index (χ4n) is 2.58. The smallest absolute Gasteiger partial charge is 0.328 e. The highest BCUT2D eigenvalue weighted by molar-refractivity contribution is 5.78. The average Bonchev–Trinajstić information content (AvgIpc) is 2.42. The Kier molecular flexibility index (Phi) is 4.56. The number of nitrogens with one attached hydrogen (secondary N) is 2. The number of hydrogen-bond donors (Lipinski definition) is 3. The molecule has 1 fully saturated rings. The van der Waals surface area contributed by atoms with Gasteiger partial charge in [0.15, 0.2) is 0 Å². The lowest BCUT2D eigenvalue weighted by molar-refractivity contribution is -0.144. The lowest BCUT2D eigenvalue weighted by Gasteiger charge is -2.29. The molecular weight excluding hydrogens is 278 g/mol. The van der Waals surface area contributed by atoms with Gasteiger partial charge in [0.2, 0.25) is 5.91 Å². The van der Waals surface area contributed by atoms with E-state index >= 15 is 0 Å². The minimum Gasteiger partial charge on any atom is -0.481 e. The quantitative estimate of drug-likeness (QED) is 0.678. The molecule has 0 radical (unpaired) electrons. The molecule has 2 rings (SSSR count). The number of carbonyl (C=O) groups is 2. The van der Waals surface area contributed by atoms with Crippen LogP contribution in [0.4, 0.5) is 0 Å². The van der Waals surface area contributed by atoms with Crippen molar-refractivity contribution in [2.75, 3.05) is 0 Å². The predicted molar refractivity (Wildman–Crippen MR) is 72.8 cm³/mol. The van der Waals surface area contributed by atoms with Gasteiger partial charge >= 0.3 is 11.7 Å². The van der Waals surface area contributed by atoms with Gasteiger partial charge in [0.25, 0.3) is 5.56 Å². The molecule has 1 aromatic heterocycles. The fourth-order valence-corrected chi connectivity index (χ4v) is 2.58. The predicted octanol–water partition coefficient (Wildman–Crippen LogP) is -0.704. The van der Waals surface area contributed by atoms with Gasteiger partial charge in [-0.25, -0.2) is 4.79 Å². The molecule has 8 nitrogen and oxygen atoms in total. The number of nitrogens with zero attached hydrogens (tertiary/aromatic N) is 1. The molecule has 114 valence electrons. The van der Waals surface area contributed by atoms with Crippen LogP contribution in [0.15, 0.2) is 21.9 Å². The van der Waals surface area contributed by atoms with Crippen molar-refractivity contribution in [2.45, 2.75) is 38.3 Å².